The molecular formula is C21H36IN5O2. The number of nitrogens with one attached hydrogen (secondary N) is 2. The number of aliphatic imine (C=N–C) groups is 1. The van der Waals surface area contributed by atoms with Gasteiger partial charge in [-0.15, -0.1) is 24.0 Å². The fourth-order valence-electron chi connectivity index (χ4n) is 3.21. The van der Waals surface area contributed by atoms with Gasteiger partial charge in [0.05, 0.1) is 6.04 Å². The van der Waals surface area contributed by atoms with Gasteiger partial charge < -0.3 is 25.2 Å². The Morgan fingerprint density at radius 3 is 2.59 bits per heavy atom. The molecule has 0 aliphatic carbocycles. The first-order valence-electron chi connectivity index (χ1n) is 9.81. The van der Waals surface area contributed by atoms with E-state index in [1.807, 2.05) is 34.9 Å². The fraction of sp³-hybridized carbons (Fsp3) is 0.619. The fourth-order valence-corrected chi connectivity index (χ4v) is 3.21. The first-order valence-corrected chi connectivity index (χ1v) is 9.81. The van der Waals surface area contributed by atoms with Crippen LogP contribution in [0.3, 0.4) is 0 Å². The van der Waals surface area contributed by atoms with Crippen molar-refractivity contribution in [3.63, 3.8) is 0 Å². The summed E-state index contributed by atoms with van der Waals surface area (Å²) in [7, 11) is 5.88. The molecule has 0 radical (unpaired) electrons. The standard InChI is InChI=1S/C21H35N5O2.HI/c1-15-12-18(25(6)7)9-8-16(15)13-23-19(22-5)26-11-10-17(14-26)24-20(27)28-21(2,3)4;/h8-9,12,17H,10-11,13-14H2,1-7H3,(H,22,23)(H,24,27);1H. The van der Waals surface area contributed by atoms with Gasteiger partial charge in [-0.1, -0.05) is 6.07 Å². The van der Waals surface area contributed by atoms with Crippen molar-refractivity contribution in [2.24, 2.45) is 4.99 Å². The molecule has 0 bridgehead atoms. The lowest BCUT2D eigenvalue weighted by atomic mass is 10.1. The molecule has 2 rings (SSSR count). The van der Waals surface area contributed by atoms with Crippen molar-refractivity contribution >= 4 is 41.7 Å². The predicted molar refractivity (Wildman–Crippen MR) is 130 cm³/mol. The Morgan fingerprint density at radius 2 is 2.03 bits per heavy atom. The van der Waals surface area contributed by atoms with Gasteiger partial charge in [-0.25, -0.2) is 4.79 Å². The minimum atomic E-state index is -0.486. The van der Waals surface area contributed by atoms with Crippen molar-refractivity contribution < 1.29 is 9.53 Å². The third-order valence-electron chi connectivity index (χ3n) is 4.70. The quantitative estimate of drug-likeness (QED) is 0.364. The Labute approximate surface area is 192 Å². The highest BCUT2D eigenvalue weighted by atomic mass is 127. The number of nitrogens with zero attached hydrogens (tertiary/aromatic N) is 3. The number of likely N-dealkylation sites (tertiary alicyclic amines) is 1. The largest absolute Gasteiger partial charge is 0.444 e. The summed E-state index contributed by atoms with van der Waals surface area (Å²) in [5.74, 6) is 0.851. The third-order valence-corrected chi connectivity index (χ3v) is 4.70. The van der Waals surface area contributed by atoms with Gasteiger partial charge in [-0.2, -0.15) is 0 Å². The molecule has 1 amide bonds. The third kappa shape index (κ3) is 7.91. The molecule has 164 valence electrons. The smallest absolute Gasteiger partial charge is 0.407 e. The summed E-state index contributed by atoms with van der Waals surface area (Å²) in [6.07, 6.45) is 0.509. The van der Waals surface area contributed by atoms with E-state index in [0.717, 1.165) is 25.5 Å². The molecular weight excluding hydrogens is 481 g/mol. The molecule has 1 aromatic carbocycles. The van der Waals surface area contributed by atoms with E-state index in [2.05, 4.69) is 50.5 Å². The van der Waals surface area contributed by atoms with Crippen LogP contribution in [0.4, 0.5) is 10.5 Å². The molecule has 1 fully saturated rings. The minimum absolute atomic E-state index is 0. The molecule has 1 heterocycles. The molecule has 7 nitrogen and oxygen atoms in total. The zero-order valence-electron chi connectivity index (χ0n) is 18.7. The van der Waals surface area contributed by atoms with Crippen molar-refractivity contribution in [3.05, 3.63) is 29.3 Å². The lowest BCUT2D eigenvalue weighted by Gasteiger charge is -2.24. The molecule has 1 saturated heterocycles. The number of aryl methyl sites for hydroxylation is 1. The van der Waals surface area contributed by atoms with E-state index in [-0.39, 0.29) is 36.1 Å². The van der Waals surface area contributed by atoms with Gasteiger partial charge in [-0.05, 0) is 57.4 Å². The monoisotopic (exact) mass is 517 g/mol. The minimum Gasteiger partial charge on any atom is -0.444 e. The van der Waals surface area contributed by atoms with Crippen molar-refractivity contribution in [1.29, 1.82) is 0 Å². The van der Waals surface area contributed by atoms with Crippen LogP contribution in [0.25, 0.3) is 0 Å². The van der Waals surface area contributed by atoms with Gasteiger partial charge in [0.1, 0.15) is 5.60 Å². The summed E-state index contributed by atoms with van der Waals surface area (Å²) < 4.78 is 5.35. The number of carbonyl (C=O) groups excluding carboxylic acids is 1. The van der Waals surface area contributed by atoms with E-state index in [4.69, 9.17) is 4.74 Å². The van der Waals surface area contributed by atoms with Crippen LogP contribution in [0.5, 0.6) is 0 Å². The van der Waals surface area contributed by atoms with Gasteiger partial charge in [0, 0.05) is 46.5 Å². The van der Waals surface area contributed by atoms with Crippen molar-refractivity contribution in [3.8, 4) is 0 Å². The Balaban J connectivity index is 0.00000420. The SMILES string of the molecule is CN=C(NCc1ccc(N(C)C)cc1C)N1CCC(NC(=O)OC(C)(C)C)C1.I. The van der Waals surface area contributed by atoms with Crippen LogP contribution in [0.15, 0.2) is 23.2 Å². The number of alkyl carbamates (subject to hydrolysis) is 1. The molecule has 29 heavy (non-hydrogen) atoms. The average molecular weight is 517 g/mol. The van der Waals surface area contributed by atoms with Crippen LogP contribution in [0.1, 0.15) is 38.3 Å². The summed E-state index contributed by atoms with van der Waals surface area (Å²) >= 11 is 0. The highest BCUT2D eigenvalue weighted by molar-refractivity contribution is 14.0. The zero-order valence-corrected chi connectivity index (χ0v) is 21.0. The molecule has 1 aliphatic rings. The number of benzene rings is 1. The summed E-state index contributed by atoms with van der Waals surface area (Å²) in [6.45, 7) is 10.0. The molecule has 0 saturated carbocycles. The second-order valence-electron chi connectivity index (χ2n) is 8.48. The van der Waals surface area contributed by atoms with Crippen molar-refractivity contribution in [2.75, 3.05) is 39.1 Å². The maximum Gasteiger partial charge on any atom is 0.407 e. The number of guanidine groups is 1. The van der Waals surface area contributed by atoms with Crippen LogP contribution in [-0.4, -0.2) is 62.8 Å². The van der Waals surface area contributed by atoms with Crippen LogP contribution in [0.2, 0.25) is 0 Å². The molecule has 8 heteroatoms. The Bertz CT molecular complexity index is 716. The Hall–Kier alpha value is -1.71. The second-order valence-corrected chi connectivity index (χ2v) is 8.48. The molecule has 1 aliphatic heterocycles. The molecule has 0 spiro atoms. The molecule has 1 atom stereocenters. The van der Waals surface area contributed by atoms with Gasteiger partial charge in [0.2, 0.25) is 0 Å². The summed E-state index contributed by atoms with van der Waals surface area (Å²) in [4.78, 5) is 20.7. The first kappa shape index (κ1) is 25.3. The maximum atomic E-state index is 12.0. The zero-order chi connectivity index (χ0) is 20.9. The molecule has 1 aromatic rings. The van der Waals surface area contributed by atoms with Gasteiger partial charge >= 0.3 is 6.09 Å². The predicted octanol–water partition coefficient (Wildman–Crippen LogP) is 3.35. The number of amides is 1. The molecule has 0 aromatic heterocycles. The van der Waals surface area contributed by atoms with Crippen molar-refractivity contribution in [1.82, 2.24) is 15.5 Å². The van der Waals surface area contributed by atoms with E-state index in [9.17, 15) is 4.79 Å². The van der Waals surface area contributed by atoms with Crippen LogP contribution in [0, 0.1) is 6.92 Å². The van der Waals surface area contributed by atoms with Gasteiger partial charge in [0.25, 0.3) is 0 Å². The van der Waals surface area contributed by atoms with Crippen LogP contribution >= 0.6 is 24.0 Å². The summed E-state index contributed by atoms with van der Waals surface area (Å²) in [5.41, 5.74) is 3.20. The highest BCUT2D eigenvalue weighted by Gasteiger charge is 2.27. The van der Waals surface area contributed by atoms with Gasteiger partial charge in [-0.3, -0.25) is 4.99 Å². The van der Waals surface area contributed by atoms with E-state index in [1.165, 1.54) is 16.8 Å². The van der Waals surface area contributed by atoms with E-state index < -0.39 is 5.60 Å². The topological polar surface area (TPSA) is 69.2 Å². The summed E-state index contributed by atoms with van der Waals surface area (Å²) in [5, 5.41) is 6.40. The number of anilines is 1. The maximum absolute atomic E-state index is 12.0. The lowest BCUT2D eigenvalue weighted by molar-refractivity contribution is 0.0507. The average Bonchev–Trinajstić information content (AvgIpc) is 3.02. The van der Waals surface area contributed by atoms with E-state index in [0.29, 0.717) is 6.54 Å². The number of ether oxygens (including phenoxy) is 1. The molecule has 2 N–H and O–H groups in total. The molecule has 1 unspecified atom stereocenters. The number of carbonyl (C=O) groups is 1. The lowest BCUT2D eigenvalue weighted by Crippen LogP contribution is -2.44. The Morgan fingerprint density at radius 1 is 1.34 bits per heavy atom. The second kappa shape index (κ2) is 10.9. The normalized spacial score (nSPS) is 16.9. The first-order chi connectivity index (χ1) is 13.1. The number of halogens is 1. The van der Waals surface area contributed by atoms with Crippen molar-refractivity contribution in [2.45, 2.75) is 52.3 Å². The van der Waals surface area contributed by atoms with Crippen LogP contribution < -0.4 is 15.5 Å². The highest BCUT2D eigenvalue weighted by Crippen LogP contribution is 2.18. The number of hydrogen-bond donors (Lipinski definition) is 2. The van der Waals surface area contributed by atoms with Crippen LogP contribution in [-0.2, 0) is 11.3 Å². The van der Waals surface area contributed by atoms with E-state index >= 15 is 0 Å². The van der Waals surface area contributed by atoms with Gasteiger partial charge in [0.15, 0.2) is 5.96 Å². The van der Waals surface area contributed by atoms with E-state index in [1.54, 1.807) is 7.05 Å². The number of hydrogen-bond acceptors (Lipinski definition) is 4. The Kier molecular flexibility index (Phi) is 9.51. The summed E-state index contributed by atoms with van der Waals surface area (Å²) in [6, 6.07) is 6.54. The number of rotatable bonds is 4.